The molecule has 0 bridgehead atoms. The average Bonchev–Trinajstić information content (AvgIpc) is 2.13. The van der Waals surface area contributed by atoms with Crippen LogP contribution in [0, 0.1) is 12.7 Å². The van der Waals surface area contributed by atoms with E-state index in [9.17, 15) is 14.6 Å². The molecule has 1 rings (SSSR count). The molecule has 0 aliphatic rings. The molecule has 1 aromatic carbocycles. The van der Waals surface area contributed by atoms with Crippen molar-refractivity contribution in [3.63, 3.8) is 0 Å². The molecule has 0 aromatic heterocycles. The second kappa shape index (κ2) is 4.39. The lowest BCUT2D eigenvalue weighted by molar-refractivity contribution is 0.169. The summed E-state index contributed by atoms with van der Waals surface area (Å²) in [4.78, 5) is 0. The minimum atomic E-state index is -0.819. The molecule has 78 valence electrons. The summed E-state index contributed by atoms with van der Waals surface area (Å²) in [6.45, 7) is 1.79. The highest BCUT2D eigenvalue weighted by molar-refractivity contribution is 5.37. The molecule has 0 saturated heterocycles. The molecule has 1 aromatic rings. The lowest BCUT2D eigenvalue weighted by Crippen LogP contribution is -2.07. The first kappa shape index (κ1) is 10.9. The molecule has 0 fully saturated rings. The molecule has 0 saturated carbocycles. The first-order valence-electron chi connectivity index (χ1n) is 4.43. The van der Waals surface area contributed by atoms with Gasteiger partial charge in [0.2, 0.25) is 0 Å². The van der Waals surface area contributed by atoms with E-state index in [0.717, 1.165) is 0 Å². The third-order valence-electron chi connectivity index (χ3n) is 2.16. The zero-order valence-electron chi connectivity index (χ0n) is 8.00. The number of aliphatic hydroxyl groups excluding tert-OH is 1. The molecule has 0 aliphatic carbocycles. The van der Waals surface area contributed by atoms with Crippen molar-refractivity contribution < 1.29 is 14.6 Å². The third-order valence-corrected chi connectivity index (χ3v) is 2.16. The molecule has 14 heavy (non-hydrogen) atoms. The van der Waals surface area contributed by atoms with Gasteiger partial charge in [0.25, 0.3) is 0 Å². The molecular formula is C10H14FNO2. The second-order valence-electron chi connectivity index (χ2n) is 3.24. The van der Waals surface area contributed by atoms with E-state index < -0.39 is 11.9 Å². The van der Waals surface area contributed by atoms with Gasteiger partial charge in [0, 0.05) is 5.56 Å². The minimum Gasteiger partial charge on any atom is -0.508 e. The quantitative estimate of drug-likeness (QED) is 0.685. The van der Waals surface area contributed by atoms with Gasteiger partial charge in [0.1, 0.15) is 11.6 Å². The molecule has 0 heterocycles. The largest absolute Gasteiger partial charge is 0.508 e. The molecule has 4 N–H and O–H groups in total. The van der Waals surface area contributed by atoms with Gasteiger partial charge in [0.15, 0.2) is 0 Å². The molecule has 0 amide bonds. The predicted molar refractivity (Wildman–Crippen MR) is 51.4 cm³/mol. The van der Waals surface area contributed by atoms with E-state index in [0.29, 0.717) is 18.5 Å². The summed E-state index contributed by atoms with van der Waals surface area (Å²) in [7, 11) is 0. The minimum absolute atomic E-state index is 0.143. The van der Waals surface area contributed by atoms with Gasteiger partial charge in [-0.05, 0) is 37.6 Å². The molecule has 0 radical (unpaired) electrons. The van der Waals surface area contributed by atoms with Crippen LogP contribution in [-0.2, 0) is 0 Å². The molecule has 3 nitrogen and oxygen atoms in total. The Morgan fingerprint density at radius 3 is 2.64 bits per heavy atom. The summed E-state index contributed by atoms with van der Waals surface area (Å²) in [5.41, 5.74) is 5.80. The number of rotatable bonds is 3. The number of benzene rings is 1. The molecule has 1 atom stereocenters. The summed E-state index contributed by atoms with van der Waals surface area (Å²) >= 11 is 0. The third kappa shape index (κ3) is 2.21. The van der Waals surface area contributed by atoms with Crippen LogP contribution in [0.2, 0.25) is 0 Å². The van der Waals surface area contributed by atoms with Crippen LogP contribution in [0.5, 0.6) is 5.75 Å². The lowest BCUT2D eigenvalue weighted by Gasteiger charge is -2.11. The smallest absolute Gasteiger partial charge is 0.130 e. The fourth-order valence-corrected chi connectivity index (χ4v) is 1.20. The Morgan fingerprint density at radius 2 is 2.14 bits per heavy atom. The van der Waals surface area contributed by atoms with Crippen LogP contribution in [0.15, 0.2) is 12.1 Å². The van der Waals surface area contributed by atoms with Crippen LogP contribution in [-0.4, -0.2) is 16.8 Å². The highest BCUT2D eigenvalue weighted by Crippen LogP contribution is 2.26. The Kier molecular flexibility index (Phi) is 3.43. The number of phenols is 1. The lowest BCUT2D eigenvalue weighted by atomic mass is 10.0. The first-order valence-corrected chi connectivity index (χ1v) is 4.43. The Hall–Kier alpha value is -1.13. The predicted octanol–water partition coefficient (Wildman–Crippen LogP) is 1.22. The summed E-state index contributed by atoms with van der Waals surface area (Å²) < 4.78 is 13.1. The maximum absolute atomic E-state index is 13.1. The van der Waals surface area contributed by atoms with E-state index in [1.165, 1.54) is 19.1 Å². The monoisotopic (exact) mass is 199 g/mol. The molecular weight excluding hydrogens is 185 g/mol. The second-order valence-corrected chi connectivity index (χ2v) is 3.24. The fraction of sp³-hybridized carbons (Fsp3) is 0.400. The van der Waals surface area contributed by atoms with Crippen molar-refractivity contribution in [1.29, 1.82) is 0 Å². The van der Waals surface area contributed by atoms with Crippen molar-refractivity contribution in [1.82, 2.24) is 0 Å². The fourth-order valence-electron chi connectivity index (χ4n) is 1.20. The van der Waals surface area contributed by atoms with E-state index in [-0.39, 0.29) is 11.3 Å². The van der Waals surface area contributed by atoms with Crippen LogP contribution in [0.3, 0.4) is 0 Å². The van der Waals surface area contributed by atoms with E-state index in [4.69, 9.17) is 5.73 Å². The van der Waals surface area contributed by atoms with Crippen LogP contribution < -0.4 is 5.73 Å². The first-order chi connectivity index (χ1) is 6.56. The topological polar surface area (TPSA) is 66.5 Å². The van der Waals surface area contributed by atoms with E-state index in [1.54, 1.807) is 0 Å². The summed E-state index contributed by atoms with van der Waals surface area (Å²) in [5, 5.41) is 18.8. The normalized spacial score (nSPS) is 12.9. The van der Waals surface area contributed by atoms with Crippen molar-refractivity contribution in [2.75, 3.05) is 6.54 Å². The zero-order valence-corrected chi connectivity index (χ0v) is 8.00. The van der Waals surface area contributed by atoms with Gasteiger partial charge in [-0.25, -0.2) is 4.39 Å². The van der Waals surface area contributed by atoms with Gasteiger partial charge in [-0.3, -0.25) is 0 Å². The Labute approximate surface area is 82.0 Å². The van der Waals surface area contributed by atoms with Gasteiger partial charge < -0.3 is 15.9 Å². The van der Waals surface area contributed by atoms with Crippen molar-refractivity contribution in [2.45, 2.75) is 19.4 Å². The van der Waals surface area contributed by atoms with Gasteiger partial charge in [-0.15, -0.1) is 0 Å². The van der Waals surface area contributed by atoms with Crippen molar-refractivity contribution in [3.8, 4) is 5.75 Å². The SMILES string of the molecule is Cc1c(O)cc(C(O)CCN)cc1F. The molecule has 4 heteroatoms. The van der Waals surface area contributed by atoms with Crippen LogP contribution in [0.25, 0.3) is 0 Å². The number of nitrogens with two attached hydrogens (primary N) is 1. The van der Waals surface area contributed by atoms with Crippen molar-refractivity contribution in [3.05, 3.63) is 29.1 Å². The zero-order chi connectivity index (χ0) is 10.7. The van der Waals surface area contributed by atoms with E-state index in [1.807, 2.05) is 0 Å². The highest BCUT2D eigenvalue weighted by Gasteiger charge is 2.11. The van der Waals surface area contributed by atoms with Crippen molar-refractivity contribution >= 4 is 0 Å². The van der Waals surface area contributed by atoms with Crippen LogP contribution in [0.1, 0.15) is 23.7 Å². The van der Waals surface area contributed by atoms with Gasteiger partial charge in [0.05, 0.1) is 6.10 Å². The standard InChI is InChI=1S/C10H14FNO2/c1-6-8(11)4-7(5-10(6)14)9(13)2-3-12/h4-5,9,13-14H,2-3,12H2,1H3. The summed E-state index contributed by atoms with van der Waals surface area (Å²) in [6.07, 6.45) is -0.469. The number of aromatic hydroxyl groups is 1. The molecule has 1 unspecified atom stereocenters. The number of hydrogen-bond acceptors (Lipinski definition) is 3. The number of hydrogen-bond donors (Lipinski definition) is 3. The van der Waals surface area contributed by atoms with E-state index >= 15 is 0 Å². The van der Waals surface area contributed by atoms with Crippen LogP contribution >= 0.6 is 0 Å². The summed E-state index contributed by atoms with van der Waals surface area (Å²) in [5.74, 6) is -0.660. The Morgan fingerprint density at radius 1 is 1.50 bits per heavy atom. The number of phenolic OH excluding ortho intramolecular Hbond substituents is 1. The van der Waals surface area contributed by atoms with Gasteiger partial charge in [-0.2, -0.15) is 0 Å². The van der Waals surface area contributed by atoms with E-state index in [2.05, 4.69) is 0 Å². The Bertz CT molecular complexity index is 305. The summed E-state index contributed by atoms with van der Waals surface area (Å²) in [6, 6.07) is 2.58. The molecule has 0 aliphatic heterocycles. The van der Waals surface area contributed by atoms with Crippen LogP contribution in [0.4, 0.5) is 4.39 Å². The van der Waals surface area contributed by atoms with Gasteiger partial charge >= 0.3 is 0 Å². The maximum Gasteiger partial charge on any atom is 0.130 e. The Balaban J connectivity index is 3.00. The number of aliphatic hydroxyl groups is 1. The average molecular weight is 199 g/mol. The van der Waals surface area contributed by atoms with Crippen molar-refractivity contribution in [2.24, 2.45) is 5.73 Å². The molecule has 0 spiro atoms. The van der Waals surface area contributed by atoms with Gasteiger partial charge in [-0.1, -0.05) is 0 Å². The number of halogens is 1. The highest BCUT2D eigenvalue weighted by atomic mass is 19.1. The maximum atomic E-state index is 13.1.